The van der Waals surface area contributed by atoms with Gasteiger partial charge in [0.1, 0.15) is 5.75 Å². The number of rotatable bonds is 5. The number of ether oxygens (including phenoxy) is 1. The van der Waals surface area contributed by atoms with Crippen LogP contribution in [0.15, 0.2) is 48.5 Å². The molecule has 130 valence electrons. The molecule has 1 aliphatic heterocycles. The van der Waals surface area contributed by atoms with E-state index >= 15 is 0 Å². The third kappa shape index (κ3) is 3.82. The number of nitrogens with two attached hydrogens (primary N) is 1. The molecule has 2 aromatic rings. The molecule has 1 atom stereocenters. The van der Waals surface area contributed by atoms with Crippen LogP contribution in [0.5, 0.6) is 5.75 Å². The van der Waals surface area contributed by atoms with Gasteiger partial charge in [0.25, 0.3) is 5.91 Å². The summed E-state index contributed by atoms with van der Waals surface area (Å²) in [5, 5.41) is 0. The maximum Gasteiger partial charge on any atom is 0.254 e. The van der Waals surface area contributed by atoms with Crippen molar-refractivity contribution in [1.29, 1.82) is 0 Å². The standard InChI is InChI=1S/C20H22N2O3/c1-25-18-10-4-14(5-11-18)13-17-3-2-12-22(17)20(24)16-8-6-15(7-9-16)19(21)23/h4-11,17H,2-3,12-13H2,1H3,(H2,21,23)/t17-/m1/s1. The molecule has 1 saturated heterocycles. The highest BCUT2D eigenvalue weighted by atomic mass is 16.5. The first kappa shape index (κ1) is 17.0. The SMILES string of the molecule is COc1ccc(C[C@H]2CCCN2C(=O)c2ccc(C(N)=O)cc2)cc1. The maximum absolute atomic E-state index is 12.8. The van der Waals surface area contributed by atoms with E-state index in [1.165, 1.54) is 5.56 Å². The number of carbonyl (C=O) groups excluding carboxylic acids is 2. The van der Waals surface area contributed by atoms with Gasteiger partial charge in [-0.3, -0.25) is 9.59 Å². The average Bonchev–Trinajstić information content (AvgIpc) is 3.10. The second-order valence-electron chi connectivity index (χ2n) is 6.29. The van der Waals surface area contributed by atoms with Gasteiger partial charge in [-0.25, -0.2) is 0 Å². The van der Waals surface area contributed by atoms with E-state index < -0.39 is 5.91 Å². The van der Waals surface area contributed by atoms with E-state index in [0.29, 0.717) is 11.1 Å². The number of primary amides is 1. The molecule has 1 aliphatic rings. The smallest absolute Gasteiger partial charge is 0.254 e. The maximum atomic E-state index is 12.8. The highest BCUT2D eigenvalue weighted by molar-refractivity contribution is 5.97. The van der Waals surface area contributed by atoms with E-state index in [1.54, 1.807) is 31.4 Å². The van der Waals surface area contributed by atoms with Crippen molar-refractivity contribution in [2.75, 3.05) is 13.7 Å². The lowest BCUT2D eigenvalue weighted by molar-refractivity contribution is 0.0736. The monoisotopic (exact) mass is 338 g/mol. The molecule has 0 saturated carbocycles. The van der Waals surface area contributed by atoms with Gasteiger partial charge in [0, 0.05) is 23.7 Å². The number of nitrogens with zero attached hydrogens (tertiary/aromatic N) is 1. The fourth-order valence-corrected chi connectivity index (χ4v) is 3.29. The predicted octanol–water partition coefficient (Wildman–Crippen LogP) is 2.64. The third-order valence-corrected chi connectivity index (χ3v) is 4.68. The molecular weight excluding hydrogens is 316 g/mol. The minimum Gasteiger partial charge on any atom is -0.497 e. The summed E-state index contributed by atoms with van der Waals surface area (Å²) in [6.45, 7) is 0.761. The Kier molecular flexibility index (Phi) is 5.03. The Morgan fingerprint density at radius 3 is 2.32 bits per heavy atom. The topological polar surface area (TPSA) is 72.6 Å². The van der Waals surface area contributed by atoms with Crippen LogP contribution in [0.2, 0.25) is 0 Å². The lowest BCUT2D eigenvalue weighted by Crippen LogP contribution is -2.36. The number of methoxy groups -OCH3 is 1. The number of likely N-dealkylation sites (tertiary alicyclic amines) is 1. The molecule has 3 rings (SSSR count). The van der Waals surface area contributed by atoms with Crippen molar-refractivity contribution < 1.29 is 14.3 Å². The largest absolute Gasteiger partial charge is 0.497 e. The van der Waals surface area contributed by atoms with E-state index in [2.05, 4.69) is 0 Å². The van der Waals surface area contributed by atoms with Crippen molar-refractivity contribution in [1.82, 2.24) is 4.90 Å². The second kappa shape index (κ2) is 7.38. The summed E-state index contributed by atoms with van der Waals surface area (Å²) in [6, 6.07) is 14.7. The second-order valence-corrected chi connectivity index (χ2v) is 6.29. The van der Waals surface area contributed by atoms with Gasteiger partial charge in [-0.1, -0.05) is 12.1 Å². The number of hydrogen-bond acceptors (Lipinski definition) is 3. The molecule has 0 spiro atoms. The summed E-state index contributed by atoms with van der Waals surface area (Å²) in [4.78, 5) is 25.9. The highest BCUT2D eigenvalue weighted by Gasteiger charge is 2.29. The first-order valence-corrected chi connectivity index (χ1v) is 8.42. The van der Waals surface area contributed by atoms with Crippen LogP contribution in [0, 0.1) is 0 Å². The molecule has 0 bridgehead atoms. The number of hydrogen-bond donors (Lipinski definition) is 1. The summed E-state index contributed by atoms with van der Waals surface area (Å²) in [5.41, 5.74) is 7.44. The zero-order chi connectivity index (χ0) is 17.8. The molecule has 1 fully saturated rings. The minimum absolute atomic E-state index is 0.00651. The summed E-state index contributed by atoms with van der Waals surface area (Å²) in [6.07, 6.45) is 2.83. The summed E-state index contributed by atoms with van der Waals surface area (Å²) < 4.78 is 5.19. The molecule has 2 amide bonds. The summed E-state index contributed by atoms with van der Waals surface area (Å²) >= 11 is 0. The van der Waals surface area contributed by atoms with E-state index in [4.69, 9.17) is 10.5 Å². The van der Waals surface area contributed by atoms with Crippen LogP contribution < -0.4 is 10.5 Å². The zero-order valence-electron chi connectivity index (χ0n) is 14.3. The van der Waals surface area contributed by atoms with Crippen LogP contribution in [0.4, 0.5) is 0 Å². The summed E-state index contributed by atoms with van der Waals surface area (Å²) in [5.74, 6) is 0.349. The Bertz CT molecular complexity index is 754. The Labute approximate surface area is 147 Å². The van der Waals surface area contributed by atoms with Crippen molar-refractivity contribution in [3.8, 4) is 5.75 Å². The van der Waals surface area contributed by atoms with Crippen LogP contribution >= 0.6 is 0 Å². The Morgan fingerprint density at radius 1 is 1.08 bits per heavy atom. The minimum atomic E-state index is -0.488. The molecular formula is C20H22N2O3. The van der Waals surface area contributed by atoms with E-state index in [0.717, 1.165) is 31.6 Å². The number of amides is 2. The van der Waals surface area contributed by atoms with Gasteiger partial charge in [-0.05, 0) is 61.2 Å². The predicted molar refractivity (Wildman–Crippen MR) is 95.7 cm³/mol. The fourth-order valence-electron chi connectivity index (χ4n) is 3.29. The third-order valence-electron chi connectivity index (χ3n) is 4.68. The molecule has 5 nitrogen and oxygen atoms in total. The molecule has 0 aliphatic carbocycles. The summed E-state index contributed by atoms with van der Waals surface area (Å²) in [7, 11) is 1.65. The zero-order valence-corrected chi connectivity index (χ0v) is 14.3. The number of benzene rings is 2. The molecule has 1 heterocycles. The van der Waals surface area contributed by atoms with Crippen molar-refractivity contribution in [3.05, 3.63) is 65.2 Å². The molecule has 0 unspecified atom stereocenters. The molecule has 25 heavy (non-hydrogen) atoms. The van der Waals surface area contributed by atoms with Gasteiger partial charge in [0.15, 0.2) is 0 Å². The quantitative estimate of drug-likeness (QED) is 0.911. The average molecular weight is 338 g/mol. The van der Waals surface area contributed by atoms with Crippen molar-refractivity contribution in [2.24, 2.45) is 5.73 Å². The first-order chi connectivity index (χ1) is 12.1. The normalized spacial score (nSPS) is 16.7. The lowest BCUT2D eigenvalue weighted by atomic mass is 10.0. The van der Waals surface area contributed by atoms with Gasteiger partial charge in [-0.15, -0.1) is 0 Å². The fraction of sp³-hybridized carbons (Fsp3) is 0.300. The molecule has 5 heteroatoms. The Morgan fingerprint density at radius 2 is 1.72 bits per heavy atom. The van der Waals surface area contributed by atoms with Gasteiger partial charge >= 0.3 is 0 Å². The molecule has 2 N–H and O–H groups in total. The highest BCUT2D eigenvalue weighted by Crippen LogP contribution is 2.24. The molecule has 0 aromatic heterocycles. The van der Waals surface area contributed by atoms with Crippen molar-refractivity contribution in [3.63, 3.8) is 0 Å². The van der Waals surface area contributed by atoms with Crippen molar-refractivity contribution >= 4 is 11.8 Å². The van der Waals surface area contributed by atoms with E-state index in [9.17, 15) is 9.59 Å². The number of carbonyl (C=O) groups is 2. The molecule has 2 aromatic carbocycles. The first-order valence-electron chi connectivity index (χ1n) is 8.42. The van der Waals surface area contributed by atoms with Gasteiger partial charge in [0.2, 0.25) is 5.91 Å². The van der Waals surface area contributed by atoms with Crippen molar-refractivity contribution in [2.45, 2.75) is 25.3 Å². The van der Waals surface area contributed by atoms with E-state index in [-0.39, 0.29) is 11.9 Å². The van der Waals surface area contributed by atoms with Crippen LogP contribution in [0.1, 0.15) is 39.1 Å². The van der Waals surface area contributed by atoms with Crippen LogP contribution in [-0.2, 0) is 6.42 Å². The van der Waals surface area contributed by atoms with Crippen LogP contribution in [-0.4, -0.2) is 36.4 Å². The Hall–Kier alpha value is -2.82. The molecule has 0 radical (unpaired) electrons. The van der Waals surface area contributed by atoms with Gasteiger partial charge in [-0.2, -0.15) is 0 Å². The van der Waals surface area contributed by atoms with Gasteiger partial charge < -0.3 is 15.4 Å². The van der Waals surface area contributed by atoms with Gasteiger partial charge in [0.05, 0.1) is 7.11 Å². The van der Waals surface area contributed by atoms with Crippen LogP contribution in [0.3, 0.4) is 0 Å². The van der Waals surface area contributed by atoms with Crippen LogP contribution in [0.25, 0.3) is 0 Å². The Balaban J connectivity index is 1.71. The lowest BCUT2D eigenvalue weighted by Gasteiger charge is -2.25. The van der Waals surface area contributed by atoms with E-state index in [1.807, 2.05) is 29.2 Å².